The molecule has 72 valence electrons. The van der Waals surface area contributed by atoms with Crippen LogP contribution in [0.1, 0.15) is 11.1 Å². The molecule has 14 heavy (non-hydrogen) atoms. The molecule has 4 nitrogen and oxygen atoms in total. The van der Waals surface area contributed by atoms with Crippen LogP contribution in [-0.4, -0.2) is 9.97 Å². The molecule has 0 saturated heterocycles. The summed E-state index contributed by atoms with van der Waals surface area (Å²) in [4.78, 5) is 16.7. The van der Waals surface area contributed by atoms with Crippen molar-refractivity contribution >= 4 is 12.2 Å². The standard InChI is InChI=1S/C9H8N2O2S/c12-8-7(4-10-9(14)11-8)3-6-1-2-13-5-6/h1-2,4-5H,3H2,(H2,10,11,12,14). The molecule has 0 spiro atoms. The van der Waals surface area contributed by atoms with E-state index >= 15 is 0 Å². The van der Waals surface area contributed by atoms with Crippen LogP contribution in [0.4, 0.5) is 0 Å². The van der Waals surface area contributed by atoms with Gasteiger partial charge in [0.2, 0.25) is 0 Å². The van der Waals surface area contributed by atoms with Crippen molar-refractivity contribution in [2.45, 2.75) is 6.42 Å². The van der Waals surface area contributed by atoms with Gasteiger partial charge in [-0.25, -0.2) is 0 Å². The van der Waals surface area contributed by atoms with Crippen molar-refractivity contribution in [1.29, 1.82) is 0 Å². The lowest BCUT2D eigenvalue weighted by Gasteiger charge is -1.95. The fraction of sp³-hybridized carbons (Fsp3) is 0.111. The summed E-state index contributed by atoms with van der Waals surface area (Å²) >= 11 is 4.78. The summed E-state index contributed by atoms with van der Waals surface area (Å²) in [6.45, 7) is 0. The van der Waals surface area contributed by atoms with E-state index in [0.717, 1.165) is 5.56 Å². The van der Waals surface area contributed by atoms with Crippen LogP contribution in [0.2, 0.25) is 0 Å². The molecule has 2 rings (SSSR count). The average Bonchev–Trinajstić information content (AvgIpc) is 2.62. The van der Waals surface area contributed by atoms with Crippen LogP contribution in [0.5, 0.6) is 0 Å². The zero-order valence-electron chi connectivity index (χ0n) is 7.24. The first kappa shape index (κ1) is 8.96. The van der Waals surface area contributed by atoms with Crippen molar-refractivity contribution < 1.29 is 4.42 Å². The van der Waals surface area contributed by atoms with Gasteiger partial charge in [-0.3, -0.25) is 9.78 Å². The second-order valence-electron chi connectivity index (χ2n) is 2.91. The molecule has 0 aromatic carbocycles. The van der Waals surface area contributed by atoms with Crippen molar-refractivity contribution in [3.63, 3.8) is 0 Å². The minimum Gasteiger partial charge on any atom is -0.472 e. The van der Waals surface area contributed by atoms with Crippen LogP contribution in [0.3, 0.4) is 0 Å². The molecule has 0 aliphatic rings. The highest BCUT2D eigenvalue weighted by molar-refractivity contribution is 7.71. The number of H-pyrrole nitrogens is 2. The van der Waals surface area contributed by atoms with Gasteiger partial charge in [0.05, 0.1) is 12.5 Å². The summed E-state index contributed by atoms with van der Waals surface area (Å²) < 4.78 is 5.25. The highest BCUT2D eigenvalue weighted by atomic mass is 32.1. The maximum absolute atomic E-state index is 11.4. The number of rotatable bonds is 2. The lowest BCUT2D eigenvalue weighted by molar-refractivity contribution is 0.564. The maximum Gasteiger partial charge on any atom is 0.255 e. The molecule has 2 aromatic heterocycles. The summed E-state index contributed by atoms with van der Waals surface area (Å²) in [5.41, 5.74) is 1.44. The molecule has 5 heteroatoms. The monoisotopic (exact) mass is 208 g/mol. The Labute approximate surface area is 84.6 Å². The minimum atomic E-state index is -0.157. The van der Waals surface area contributed by atoms with E-state index in [1.54, 1.807) is 18.7 Å². The molecule has 2 aromatic rings. The van der Waals surface area contributed by atoms with E-state index in [1.807, 2.05) is 6.07 Å². The van der Waals surface area contributed by atoms with Gasteiger partial charge in [-0.05, 0) is 23.8 Å². The molecule has 0 fully saturated rings. The van der Waals surface area contributed by atoms with E-state index in [2.05, 4.69) is 9.97 Å². The van der Waals surface area contributed by atoms with E-state index in [0.29, 0.717) is 16.8 Å². The molecular weight excluding hydrogens is 200 g/mol. The van der Waals surface area contributed by atoms with Crippen molar-refractivity contribution in [1.82, 2.24) is 9.97 Å². The van der Waals surface area contributed by atoms with Gasteiger partial charge in [0, 0.05) is 18.2 Å². The highest BCUT2D eigenvalue weighted by Gasteiger charge is 2.01. The molecule has 0 atom stereocenters. The number of hydrogen-bond donors (Lipinski definition) is 2. The SMILES string of the molecule is O=c1[nH]c(=S)[nH]cc1Cc1ccoc1. The van der Waals surface area contributed by atoms with E-state index < -0.39 is 0 Å². The first-order valence-electron chi connectivity index (χ1n) is 4.07. The molecule has 0 unspecified atom stereocenters. The van der Waals surface area contributed by atoms with E-state index in [4.69, 9.17) is 16.6 Å². The average molecular weight is 208 g/mol. The number of aromatic nitrogens is 2. The van der Waals surface area contributed by atoms with Gasteiger partial charge in [0.25, 0.3) is 5.56 Å². The van der Waals surface area contributed by atoms with Gasteiger partial charge in [0.1, 0.15) is 0 Å². The van der Waals surface area contributed by atoms with Gasteiger partial charge < -0.3 is 9.40 Å². The van der Waals surface area contributed by atoms with Crippen molar-refractivity contribution in [3.05, 3.63) is 51.0 Å². The van der Waals surface area contributed by atoms with Crippen molar-refractivity contribution in [2.75, 3.05) is 0 Å². The van der Waals surface area contributed by atoms with Crippen LogP contribution < -0.4 is 5.56 Å². The first-order valence-corrected chi connectivity index (χ1v) is 4.48. The second kappa shape index (κ2) is 3.63. The third kappa shape index (κ3) is 1.82. The Kier molecular flexibility index (Phi) is 2.32. The van der Waals surface area contributed by atoms with Gasteiger partial charge in [-0.2, -0.15) is 0 Å². The summed E-state index contributed by atoms with van der Waals surface area (Å²) in [7, 11) is 0. The van der Waals surface area contributed by atoms with Crippen LogP contribution in [-0.2, 0) is 6.42 Å². The molecule has 2 heterocycles. The smallest absolute Gasteiger partial charge is 0.255 e. The third-order valence-electron chi connectivity index (χ3n) is 1.87. The quantitative estimate of drug-likeness (QED) is 0.737. The number of aromatic amines is 2. The predicted octanol–water partition coefficient (Wildman–Crippen LogP) is 1.62. The molecule has 0 aliphatic carbocycles. The number of nitrogens with one attached hydrogen (secondary N) is 2. The van der Waals surface area contributed by atoms with Gasteiger partial charge >= 0.3 is 0 Å². The Morgan fingerprint density at radius 2 is 2.36 bits per heavy atom. The summed E-state index contributed by atoms with van der Waals surface area (Å²) in [5.74, 6) is 0. The topological polar surface area (TPSA) is 61.8 Å². The van der Waals surface area contributed by atoms with Crippen molar-refractivity contribution in [3.8, 4) is 0 Å². The Bertz CT molecular complexity index is 524. The van der Waals surface area contributed by atoms with E-state index in [9.17, 15) is 4.79 Å². The molecule has 0 bridgehead atoms. The summed E-state index contributed by atoms with van der Waals surface area (Å²) in [5, 5.41) is 0. The van der Waals surface area contributed by atoms with Crippen LogP contribution in [0.25, 0.3) is 0 Å². The van der Waals surface area contributed by atoms with Gasteiger partial charge in [-0.15, -0.1) is 0 Å². The molecular formula is C9H8N2O2S. The third-order valence-corrected chi connectivity index (χ3v) is 2.09. The fourth-order valence-corrected chi connectivity index (χ4v) is 1.33. The van der Waals surface area contributed by atoms with Gasteiger partial charge in [-0.1, -0.05) is 0 Å². The van der Waals surface area contributed by atoms with Crippen LogP contribution in [0.15, 0.2) is 34.0 Å². The minimum absolute atomic E-state index is 0.157. The van der Waals surface area contributed by atoms with Crippen molar-refractivity contribution in [2.24, 2.45) is 0 Å². The lowest BCUT2D eigenvalue weighted by Crippen LogP contribution is -2.13. The zero-order valence-corrected chi connectivity index (χ0v) is 8.06. The Hall–Kier alpha value is -1.62. The van der Waals surface area contributed by atoms with E-state index in [1.165, 1.54) is 0 Å². The Morgan fingerprint density at radius 3 is 3.00 bits per heavy atom. The first-order chi connectivity index (χ1) is 6.75. The highest BCUT2D eigenvalue weighted by Crippen LogP contribution is 2.04. The summed E-state index contributed by atoms with van der Waals surface area (Å²) in [6.07, 6.45) is 5.35. The Morgan fingerprint density at radius 1 is 1.50 bits per heavy atom. The molecule has 2 N–H and O–H groups in total. The molecule has 0 saturated carbocycles. The predicted molar refractivity (Wildman–Crippen MR) is 53.8 cm³/mol. The van der Waals surface area contributed by atoms with Gasteiger partial charge in [0.15, 0.2) is 4.77 Å². The van der Waals surface area contributed by atoms with Crippen LogP contribution >= 0.6 is 12.2 Å². The lowest BCUT2D eigenvalue weighted by atomic mass is 10.1. The second-order valence-corrected chi connectivity index (χ2v) is 3.31. The summed E-state index contributed by atoms with van der Waals surface area (Å²) in [6, 6.07) is 1.82. The largest absolute Gasteiger partial charge is 0.472 e. The fourth-order valence-electron chi connectivity index (χ4n) is 1.18. The number of hydrogen-bond acceptors (Lipinski definition) is 3. The molecule has 0 radical (unpaired) electrons. The maximum atomic E-state index is 11.4. The zero-order chi connectivity index (χ0) is 9.97. The molecule has 0 amide bonds. The normalized spacial score (nSPS) is 10.3. The Balaban J connectivity index is 2.35. The molecule has 0 aliphatic heterocycles. The number of furan rings is 1. The van der Waals surface area contributed by atoms with E-state index in [-0.39, 0.29) is 5.56 Å². The van der Waals surface area contributed by atoms with Crippen LogP contribution in [0, 0.1) is 4.77 Å².